The van der Waals surface area contributed by atoms with Crippen LogP contribution in [-0.2, 0) is 11.2 Å². The van der Waals surface area contributed by atoms with E-state index in [1.165, 1.54) is 30.6 Å². The molecule has 0 amide bonds. The van der Waals surface area contributed by atoms with Crippen molar-refractivity contribution in [2.45, 2.75) is 6.42 Å². The van der Waals surface area contributed by atoms with Crippen molar-refractivity contribution in [2.75, 3.05) is 0 Å². The molecule has 0 aliphatic heterocycles. The van der Waals surface area contributed by atoms with E-state index in [1.807, 2.05) is 0 Å². The zero-order valence-electron chi connectivity index (χ0n) is 9.21. The third-order valence-electron chi connectivity index (χ3n) is 2.08. The second kappa shape index (κ2) is 5.22. The van der Waals surface area contributed by atoms with Gasteiger partial charge in [0.25, 0.3) is 0 Å². The van der Waals surface area contributed by atoms with Gasteiger partial charge in [-0.25, -0.2) is 14.4 Å². The number of halogens is 1. The summed E-state index contributed by atoms with van der Waals surface area (Å²) in [4.78, 5) is 18.1. The molecule has 1 heterocycles. The van der Waals surface area contributed by atoms with Crippen LogP contribution in [0.3, 0.4) is 0 Å². The van der Waals surface area contributed by atoms with E-state index in [-0.39, 0.29) is 18.1 Å². The number of hydrogen-bond donors (Lipinski definition) is 1. The first kappa shape index (κ1) is 12.0. The SMILES string of the molecule is O=C(O)Cc1cc(Oc2ccccc2F)ncn1. The molecule has 0 bridgehead atoms. The molecule has 0 spiro atoms. The number of aromatic nitrogens is 2. The number of carbonyl (C=O) groups is 1. The van der Waals surface area contributed by atoms with E-state index in [4.69, 9.17) is 9.84 Å². The van der Waals surface area contributed by atoms with Crippen molar-refractivity contribution in [3.8, 4) is 11.6 Å². The summed E-state index contributed by atoms with van der Waals surface area (Å²) >= 11 is 0. The molecule has 1 aromatic heterocycles. The molecule has 0 radical (unpaired) electrons. The van der Waals surface area contributed by atoms with Gasteiger partial charge in [0.05, 0.1) is 12.1 Å². The summed E-state index contributed by atoms with van der Waals surface area (Å²) in [7, 11) is 0. The minimum Gasteiger partial charge on any atom is -0.481 e. The summed E-state index contributed by atoms with van der Waals surface area (Å²) in [5.41, 5.74) is 0.295. The van der Waals surface area contributed by atoms with Crippen molar-refractivity contribution in [1.82, 2.24) is 9.97 Å². The second-order valence-electron chi connectivity index (χ2n) is 3.45. The van der Waals surface area contributed by atoms with Gasteiger partial charge >= 0.3 is 5.97 Å². The standard InChI is InChI=1S/C12H9FN2O3/c13-9-3-1-2-4-10(9)18-11-5-8(6-12(16)17)14-7-15-11/h1-5,7H,6H2,(H,16,17). The summed E-state index contributed by atoms with van der Waals surface area (Å²) in [6, 6.07) is 7.24. The lowest BCUT2D eigenvalue weighted by Gasteiger charge is -2.05. The molecule has 18 heavy (non-hydrogen) atoms. The van der Waals surface area contributed by atoms with Gasteiger partial charge in [0, 0.05) is 6.07 Å². The van der Waals surface area contributed by atoms with Crippen LogP contribution in [0, 0.1) is 5.82 Å². The highest BCUT2D eigenvalue weighted by molar-refractivity contribution is 5.69. The van der Waals surface area contributed by atoms with E-state index in [0.29, 0.717) is 5.69 Å². The Morgan fingerprint density at radius 3 is 2.83 bits per heavy atom. The van der Waals surface area contributed by atoms with Crippen LogP contribution in [-0.4, -0.2) is 21.0 Å². The van der Waals surface area contributed by atoms with Crippen LogP contribution in [0.2, 0.25) is 0 Å². The number of benzene rings is 1. The molecule has 0 fully saturated rings. The molecule has 2 rings (SSSR count). The number of rotatable bonds is 4. The summed E-state index contributed by atoms with van der Waals surface area (Å²) in [6.07, 6.45) is 0.935. The van der Waals surface area contributed by atoms with E-state index in [0.717, 1.165) is 0 Å². The summed E-state index contributed by atoms with van der Waals surface area (Å²) in [6.45, 7) is 0. The Balaban J connectivity index is 2.19. The van der Waals surface area contributed by atoms with Gasteiger partial charge in [-0.05, 0) is 12.1 Å². The molecule has 2 aromatic rings. The van der Waals surface area contributed by atoms with Crippen molar-refractivity contribution in [1.29, 1.82) is 0 Å². The molecule has 0 aliphatic rings. The molecular formula is C12H9FN2O3. The normalized spacial score (nSPS) is 10.1. The average molecular weight is 248 g/mol. The quantitative estimate of drug-likeness (QED) is 0.896. The first-order chi connectivity index (χ1) is 8.65. The van der Waals surface area contributed by atoms with Gasteiger partial charge in [-0.1, -0.05) is 12.1 Å². The number of para-hydroxylation sites is 1. The lowest BCUT2D eigenvalue weighted by atomic mass is 10.3. The van der Waals surface area contributed by atoms with Gasteiger partial charge in [0.2, 0.25) is 5.88 Å². The Kier molecular flexibility index (Phi) is 3.47. The lowest BCUT2D eigenvalue weighted by molar-refractivity contribution is -0.136. The van der Waals surface area contributed by atoms with Gasteiger partial charge in [-0.3, -0.25) is 4.79 Å². The van der Waals surface area contributed by atoms with Crippen LogP contribution < -0.4 is 4.74 Å². The molecule has 0 unspecified atom stereocenters. The summed E-state index contributed by atoms with van der Waals surface area (Å²) in [5, 5.41) is 8.63. The second-order valence-corrected chi connectivity index (χ2v) is 3.45. The van der Waals surface area contributed by atoms with Crippen LogP contribution in [0.15, 0.2) is 36.7 Å². The minimum absolute atomic E-state index is 0.0254. The Morgan fingerprint density at radius 2 is 2.11 bits per heavy atom. The van der Waals surface area contributed by atoms with Crippen LogP contribution >= 0.6 is 0 Å². The molecule has 0 saturated heterocycles. The van der Waals surface area contributed by atoms with Gasteiger partial charge in [-0.15, -0.1) is 0 Å². The molecule has 0 aliphatic carbocycles. The maximum absolute atomic E-state index is 13.3. The van der Waals surface area contributed by atoms with Crippen LogP contribution in [0.1, 0.15) is 5.69 Å². The van der Waals surface area contributed by atoms with E-state index in [1.54, 1.807) is 6.07 Å². The lowest BCUT2D eigenvalue weighted by Crippen LogP contribution is -2.03. The zero-order valence-corrected chi connectivity index (χ0v) is 9.21. The zero-order chi connectivity index (χ0) is 13.0. The number of carboxylic acids is 1. The average Bonchev–Trinajstić information content (AvgIpc) is 2.32. The Labute approximate surface area is 102 Å². The molecule has 1 N–H and O–H groups in total. The van der Waals surface area contributed by atoms with Gasteiger partial charge in [-0.2, -0.15) is 0 Å². The number of aliphatic carboxylic acids is 1. The third kappa shape index (κ3) is 3.00. The van der Waals surface area contributed by atoms with Crippen LogP contribution in [0.4, 0.5) is 4.39 Å². The van der Waals surface area contributed by atoms with Gasteiger partial charge < -0.3 is 9.84 Å². The third-order valence-corrected chi connectivity index (χ3v) is 2.08. The highest BCUT2D eigenvalue weighted by Crippen LogP contribution is 2.22. The molecule has 1 aromatic carbocycles. The molecule has 0 saturated carbocycles. The molecule has 92 valence electrons. The Morgan fingerprint density at radius 1 is 1.33 bits per heavy atom. The fraction of sp³-hybridized carbons (Fsp3) is 0.0833. The van der Waals surface area contributed by atoms with E-state index in [9.17, 15) is 9.18 Å². The summed E-state index contributed by atoms with van der Waals surface area (Å²) < 4.78 is 18.5. The topological polar surface area (TPSA) is 72.3 Å². The van der Waals surface area contributed by atoms with E-state index < -0.39 is 11.8 Å². The number of ether oxygens (including phenoxy) is 1. The van der Waals surface area contributed by atoms with Crippen molar-refractivity contribution in [2.24, 2.45) is 0 Å². The Hall–Kier alpha value is -2.50. The smallest absolute Gasteiger partial charge is 0.309 e. The van der Waals surface area contributed by atoms with E-state index in [2.05, 4.69) is 9.97 Å². The fourth-order valence-corrected chi connectivity index (χ4v) is 1.32. The largest absolute Gasteiger partial charge is 0.481 e. The molecule has 5 nitrogen and oxygen atoms in total. The monoisotopic (exact) mass is 248 g/mol. The molecule has 6 heteroatoms. The predicted molar refractivity (Wildman–Crippen MR) is 59.8 cm³/mol. The maximum atomic E-state index is 13.3. The van der Waals surface area contributed by atoms with Crippen molar-refractivity contribution in [3.63, 3.8) is 0 Å². The summed E-state index contributed by atoms with van der Waals surface area (Å²) in [5.74, 6) is -1.40. The first-order valence-electron chi connectivity index (χ1n) is 5.10. The van der Waals surface area contributed by atoms with Crippen molar-refractivity contribution < 1.29 is 19.0 Å². The van der Waals surface area contributed by atoms with Crippen molar-refractivity contribution in [3.05, 3.63) is 48.2 Å². The van der Waals surface area contributed by atoms with Crippen molar-refractivity contribution >= 4 is 5.97 Å². The number of carboxylic acid groups (broad SMARTS) is 1. The first-order valence-corrected chi connectivity index (χ1v) is 5.10. The van der Waals surface area contributed by atoms with Gasteiger partial charge in [0.15, 0.2) is 11.6 Å². The highest BCUT2D eigenvalue weighted by atomic mass is 19.1. The number of nitrogens with zero attached hydrogens (tertiary/aromatic N) is 2. The minimum atomic E-state index is -1.01. The molecule has 0 atom stereocenters. The number of hydrogen-bond acceptors (Lipinski definition) is 4. The van der Waals surface area contributed by atoms with Crippen LogP contribution in [0.25, 0.3) is 0 Å². The van der Waals surface area contributed by atoms with Gasteiger partial charge in [0.1, 0.15) is 6.33 Å². The maximum Gasteiger partial charge on any atom is 0.309 e. The fourth-order valence-electron chi connectivity index (χ4n) is 1.32. The molecular weight excluding hydrogens is 239 g/mol. The van der Waals surface area contributed by atoms with E-state index >= 15 is 0 Å². The highest BCUT2D eigenvalue weighted by Gasteiger charge is 2.07. The van der Waals surface area contributed by atoms with Crippen LogP contribution in [0.5, 0.6) is 11.6 Å². The Bertz CT molecular complexity index is 575. The predicted octanol–water partition coefficient (Wildman–Crippen LogP) is 2.04.